The van der Waals surface area contributed by atoms with Gasteiger partial charge in [0.05, 0.1) is 16.6 Å². The van der Waals surface area contributed by atoms with E-state index in [4.69, 9.17) is 16.0 Å². The molecule has 3 nitrogen and oxygen atoms in total. The number of benzene rings is 2. The molecular weight excluding hydrogens is 274 g/mol. The topological polar surface area (TPSA) is 34.6 Å². The third-order valence-corrected chi connectivity index (χ3v) is 3.86. The molecule has 0 saturated carbocycles. The molecule has 0 amide bonds. The van der Waals surface area contributed by atoms with Gasteiger partial charge in [0.25, 0.3) is 0 Å². The van der Waals surface area contributed by atoms with Crippen LogP contribution >= 0.6 is 11.6 Å². The molecule has 0 saturated heterocycles. The number of oxazole rings is 1. The minimum Gasteiger partial charge on any atom is -0.438 e. The Kier molecular flexibility index (Phi) is 2.24. The molecule has 0 aliphatic carbocycles. The number of hydrogen-bond donors (Lipinski definition) is 0. The third-order valence-electron chi connectivity index (χ3n) is 3.62. The Hall–Kier alpha value is -2.26. The second kappa shape index (κ2) is 3.87. The Morgan fingerprint density at radius 1 is 1.10 bits per heavy atom. The molecule has 4 heteroatoms. The predicted molar refractivity (Wildman–Crippen MR) is 80.7 cm³/mol. The van der Waals surface area contributed by atoms with Crippen molar-refractivity contribution in [3.05, 3.63) is 63.3 Å². The van der Waals surface area contributed by atoms with E-state index in [0.29, 0.717) is 27.3 Å². The lowest BCUT2D eigenvalue weighted by atomic mass is 10.1. The molecule has 4 rings (SSSR count). The average Bonchev–Trinajstić information content (AvgIpc) is 2.83. The van der Waals surface area contributed by atoms with Gasteiger partial charge in [0.15, 0.2) is 11.0 Å². The van der Waals surface area contributed by atoms with Crippen molar-refractivity contribution in [2.24, 2.45) is 0 Å². The molecular formula is C16H10ClNO2. The van der Waals surface area contributed by atoms with Crippen LogP contribution in [0, 0.1) is 6.92 Å². The summed E-state index contributed by atoms with van der Waals surface area (Å²) in [5.41, 5.74) is 3.60. The lowest BCUT2D eigenvalue weighted by molar-refractivity contribution is 0.651. The first-order valence-corrected chi connectivity index (χ1v) is 6.67. The molecule has 2 aromatic heterocycles. The summed E-state index contributed by atoms with van der Waals surface area (Å²) in [5, 5.41) is 1.32. The molecule has 0 atom stereocenters. The van der Waals surface area contributed by atoms with Crippen molar-refractivity contribution in [2.45, 2.75) is 6.92 Å². The number of rotatable bonds is 0. The summed E-state index contributed by atoms with van der Waals surface area (Å²) in [6.07, 6.45) is 0. The van der Waals surface area contributed by atoms with Crippen LogP contribution in [0.25, 0.3) is 27.7 Å². The molecule has 0 bridgehead atoms. The van der Waals surface area contributed by atoms with Crippen molar-refractivity contribution in [1.29, 1.82) is 0 Å². The Bertz CT molecular complexity index is 1040. The second-order valence-electron chi connectivity index (χ2n) is 4.83. The fourth-order valence-electron chi connectivity index (χ4n) is 2.65. The molecule has 2 heterocycles. The van der Waals surface area contributed by atoms with Gasteiger partial charge in [-0.1, -0.05) is 23.7 Å². The number of aromatic nitrogens is 1. The summed E-state index contributed by atoms with van der Waals surface area (Å²) >= 11 is 6.08. The van der Waals surface area contributed by atoms with Crippen molar-refractivity contribution < 1.29 is 4.42 Å². The summed E-state index contributed by atoms with van der Waals surface area (Å²) in [6, 6.07) is 13.0. The molecule has 0 radical (unpaired) electrons. The normalized spacial score (nSPS) is 11.7. The number of halogens is 1. The van der Waals surface area contributed by atoms with E-state index in [1.807, 2.05) is 40.8 Å². The van der Waals surface area contributed by atoms with Crippen LogP contribution in [0.15, 0.2) is 51.7 Å². The van der Waals surface area contributed by atoms with Gasteiger partial charge in [0.2, 0.25) is 5.71 Å². The van der Waals surface area contributed by atoms with Crippen LogP contribution in [-0.2, 0) is 0 Å². The molecule has 0 fully saturated rings. The highest BCUT2D eigenvalue weighted by atomic mass is 35.5. The van der Waals surface area contributed by atoms with E-state index in [0.717, 1.165) is 11.0 Å². The van der Waals surface area contributed by atoms with Gasteiger partial charge in [-0.2, -0.15) is 0 Å². The molecule has 0 aliphatic rings. The molecule has 2 aromatic carbocycles. The lowest BCUT2D eigenvalue weighted by Gasteiger charge is -2.03. The van der Waals surface area contributed by atoms with Crippen molar-refractivity contribution in [3.63, 3.8) is 0 Å². The maximum Gasteiger partial charge on any atom is 0.212 e. The first-order chi connectivity index (χ1) is 9.66. The minimum absolute atomic E-state index is 0.00533. The molecule has 98 valence electrons. The standard InChI is InChI=1S/C16H10ClNO2/c1-9-15(19)11-4-2-3-5-12(11)18-13-8-10(17)6-7-14(13)20-16(9)18/h2-8H,1H3. The highest BCUT2D eigenvalue weighted by Crippen LogP contribution is 2.27. The fourth-order valence-corrected chi connectivity index (χ4v) is 2.82. The van der Waals surface area contributed by atoms with Crippen LogP contribution in [0.4, 0.5) is 0 Å². The number of nitrogens with zero attached hydrogens (tertiary/aromatic N) is 1. The molecule has 0 spiro atoms. The summed E-state index contributed by atoms with van der Waals surface area (Å²) in [7, 11) is 0. The first-order valence-electron chi connectivity index (χ1n) is 6.29. The van der Waals surface area contributed by atoms with E-state index in [9.17, 15) is 4.79 Å². The first kappa shape index (κ1) is 11.6. The second-order valence-corrected chi connectivity index (χ2v) is 5.26. The highest BCUT2D eigenvalue weighted by molar-refractivity contribution is 6.31. The number of pyridine rings is 1. The third kappa shape index (κ3) is 1.38. The summed E-state index contributed by atoms with van der Waals surface area (Å²) in [6.45, 7) is 1.79. The van der Waals surface area contributed by atoms with Crippen LogP contribution in [0.2, 0.25) is 5.02 Å². The zero-order valence-electron chi connectivity index (χ0n) is 10.7. The lowest BCUT2D eigenvalue weighted by Crippen LogP contribution is -2.08. The number of para-hydroxylation sites is 1. The van der Waals surface area contributed by atoms with Crippen LogP contribution in [0.5, 0.6) is 0 Å². The molecule has 0 N–H and O–H groups in total. The maximum atomic E-state index is 12.4. The average molecular weight is 284 g/mol. The van der Waals surface area contributed by atoms with E-state index < -0.39 is 0 Å². The number of aryl methyl sites for hydroxylation is 1. The van der Waals surface area contributed by atoms with Gasteiger partial charge < -0.3 is 4.42 Å². The smallest absolute Gasteiger partial charge is 0.212 e. The Morgan fingerprint density at radius 3 is 2.75 bits per heavy atom. The summed E-state index contributed by atoms with van der Waals surface area (Å²) in [4.78, 5) is 12.4. The monoisotopic (exact) mass is 283 g/mol. The van der Waals surface area contributed by atoms with Crippen molar-refractivity contribution in [2.75, 3.05) is 0 Å². The van der Waals surface area contributed by atoms with E-state index in [1.54, 1.807) is 13.0 Å². The number of fused-ring (bicyclic) bond motifs is 5. The Labute approximate surface area is 119 Å². The SMILES string of the molecule is Cc1c(=O)c2ccccc2n2c1oc1ccc(Cl)cc12. The highest BCUT2D eigenvalue weighted by Gasteiger charge is 2.15. The van der Waals surface area contributed by atoms with Gasteiger partial charge in [-0.3, -0.25) is 9.20 Å². The van der Waals surface area contributed by atoms with Gasteiger partial charge in [0, 0.05) is 10.4 Å². The molecule has 4 aromatic rings. The molecule has 0 aliphatic heterocycles. The number of hydrogen-bond acceptors (Lipinski definition) is 2. The van der Waals surface area contributed by atoms with E-state index in [-0.39, 0.29) is 5.43 Å². The van der Waals surface area contributed by atoms with Crippen LogP contribution in [-0.4, -0.2) is 4.40 Å². The maximum absolute atomic E-state index is 12.4. The van der Waals surface area contributed by atoms with Gasteiger partial charge in [-0.05, 0) is 37.3 Å². The Morgan fingerprint density at radius 2 is 1.90 bits per heavy atom. The van der Waals surface area contributed by atoms with Crippen LogP contribution in [0.3, 0.4) is 0 Å². The van der Waals surface area contributed by atoms with Crippen LogP contribution < -0.4 is 5.43 Å². The van der Waals surface area contributed by atoms with Gasteiger partial charge in [-0.15, -0.1) is 0 Å². The molecule has 20 heavy (non-hydrogen) atoms. The zero-order chi connectivity index (χ0) is 13.9. The quantitative estimate of drug-likeness (QED) is 0.486. The van der Waals surface area contributed by atoms with E-state index in [1.165, 1.54) is 0 Å². The zero-order valence-corrected chi connectivity index (χ0v) is 11.4. The minimum atomic E-state index is 0.00533. The van der Waals surface area contributed by atoms with Crippen molar-refractivity contribution >= 4 is 39.3 Å². The van der Waals surface area contributed by atoms with Gasteiger partial charge >= 0.3 is 0 Å². The molecule has 0 unspecified atom stereocenters. The van der Waals surface area contributed by atoms with E-state index in [2.05, 4.69) is 0 Å². The largest absolute Gasteiger partial charge is 0.438 e. The summed E-state index contributed by atoms with van der Waals surface area (Å²) < 4.78 is 7.78. The predicted octanol–water partition coefficient (Wildman–Crippen LogP) is 4.16. The Balaban J connectivity index is 2.44. The van der Waals surface area contributed by atoms with E-state index >= 15 is 0 Å². The van der Waals surface area contributed by atoms with Gasteiger partial charge in [-0.25, -0.2) is 0 Å². The van der Waals surface area contributed by atoms with Crippen LogP contribution in [0.1, 0.15) is 5.56 Å². The summed E-state index contributed by atoms with van der Waals surface area (Å²) in [5.74, 6) is 0. The van der Waals surface area contributed by atoms with Gasteiger partial charge in [0.1, 0.15) is 0 Å². The van der Waals surface area contributed by atoms with Crippen molar-refractivity contribution in [3.8, 4) is 0 Å². The fraction of sp³-hybridized carbons (Fsp3) is 0.0625. The van der Waals surface area contributed by atoms with Crippen molar-refractivity contribution in [1.82, 2.24) is 4.40 Å².